The second kappa shape index (κ2) is 4.56. The number of rotatable bonds is 4. The molecule has 1 N–H and O–H groups in total. The van der Waals surface area contributed by atoms with Gasteiger partial charge in [-0.15, -0.1) is 0 Å². The molecule has 1 aromatic carbocycles. The van der Waals surface area contributed by atoms with Crippen LogP contribution in [0.15, 0.2) is 30.3 Å². The number of likely N-dealkylation sites (tertiary alicyclic amines) is 1. The van der Waals surface area contributed by atoms with Gasteiger partial charge < -0.3 is 10.0 Å². The maximum Gasteiger partial charge on any atom is 0.0494 e. The quantitative estimate of drug-likeness (QED) is 0.838. The van der Waals surface area contributed by atoms with Crippen molar-refractivity contribution in [2.45, 2.75) is 19.8 Å². The van der Waals surface area contributed by atoms with Crippen molar-refractivity contribution < 1.29 is 5.11 Å². The van der Waals surface area contributed by atoms with Crippen molar-refractivity contribution in [1.82, 2.24) is 4.90 Å². The average Bonchev–Trinajstić information content (AvgIpc) is 2.24. The van der Waals surface area contributed by atoms with Gasteiger partial charge in [-0.25, -0.2) is 0 Å². The van der Waals surface area contributed by atoms with Gasteiger partial charge in [0.2, 0.25) is 0 Å². The van der Waals surface area contributed by atoms with E-state index in [4.69, 9.17) is 0 Å². The summed E-state index contributed by atoms with van der Waals surface area (Å²) in [6.07, 6.45) is 0. The second-order valence-electron chi connectivity index (χ2n) is 5.62. The van der Waals surface area contributed by atoms with Crippen LogP contribution in [0.4, 0.5) is 0 Å². The molecule has 1 heterocycles. The van der Waals surface area contributed by atoms with Crippen LogP contribution in [0.3, 0.4) is 0 Å². The first kappa shape index (κ1) is 11.6. The number of hydrogen-bond acceptors (Lipinski definition) is 2. The minimum absolute atomic E-state index is 0.0294. The molecular weight excluding hydrogens is 198 g/mol. The van der Waals surface area contributed by atoms with Crippen LogP contribution >= 0.6 is 0 Å². The lowest BCUT2D eigenvalue weighted by Gasteiger charge is -2.43. The van der Waals surface area contributed by atoms with Crippen LogP contribution in [0, 0.1) is 5.41 Å². The van der Waals surface area contributed by atoms with E-state index in [0.717, 1.165) is 19.6 Å². The van der Waals surface area contributed by atoms with Crippen molar-refractivity contribution >= 4 is 0 Å². The lowest BCUT2D eigenvalue weighted by Crippen LogP contribution is -2.49. The molecule has 0 atom stereocenters. The lowest BCUT2D eigenvalue weighted by molar-refractivity contribution is 0.0574. The first-order valence-electron chi connectivity index (χ1n) is 5.99. The molecular formula is C14H21NO. The minimum atomic E-state index is 0.0294. The summed E-state index contributed by atoms with van der Waals surface area (Å²) >= 11 is 0. The van der Waals surface area contributed by atoms with Crippen LogP contribution < -0.4 is 0 Å². The Balaban J connectivity index is 1.83. The fourth-order valence-corrected chi connectivity index (χ4v) is 2.29. The highest BCUT2D eigenvalue weighted by Gasteiger charge is 2.31. The molecule has 16 heavy (non-hydrogen) atoms. The number of aliphatic hydroxyl groups excluding tert-OH is 1. The average molecular weight is 219 g/mol. The van der Waals surface area contributed by atoms with Crippen molar-refractivity contribution in [2.24, 2.45) is 5.41 Å². The van der Waals surface area contributed by atoms with Gasteiger partial charge in [0.25, 0.3) is 0 Å². The van der Waals surface area contributed by atoms with Crippen molar-refractivity contribution in [1.29, 1.82) is 0 Å². The highest BCUT2D eigenvalue weighted by atomic mass is 16.3. The molecule has 1 aliphatic heterocycles. The molecule has 0 amide bonds. The zero-order chi connectivity index (χ0) is 11.6. The van der Waals surface area contributed by atoms with Crippen LogP contribution in [0.5, 0.6) is 0 Å². The van der Waals surface area contributed by atoms with Crippen LogP contribution in [0.2, 0.25) is 0 Å². The largest absolute Gasteiger partial charge is 0.396 e. The van der Waals surface area contributed by atoms with E-state index in [1.807, 2.05) is 0 Å². The molecule has 0 radical (unpaired) electrons. The monoisotopic (exact) mass is 219 g/mol. The Hall–Kier alpha value is -0.860. The highest BCUT2D eigenvalue weighted by molar-refractivity contribution is 5.22. The summed E-state index contributed by atoms with van der Waals surface area (Å²) in [5.41, 5.74) is 1.47. The van der Waals surface area contributed by atoms with Gasteiger partial charge in [0, 0.05) is 37.6 Å². The third kappa shape index (κ3) is 2.63. The van der Waals surface area contributed by atoms with Gasteiger partial charge in [-0.05, 0) is 5.56 Å². The third-order valence-corrected chi connectivity index (χ3v) is 3.31. The van der Waals surface area contributed by atoms with E-state index in [1.165, 1.54) is 5.56 Å². The fourth-order valence-electron chi connectivity index (χ4n) is 2.29. The van der Waals surface area contributed by atoms with Crippen LogP contribution in [-0.2, 0) is 0 Å². The summed E-state index contributed by atoms with van der Waals surface area (Å²) in [5.74, 6) is 0.690. The molecule has 0 spiro atoms. The molecule has 88 valence electrons. The maximum absolute atomic E-state index is 9.22. The van der Waals surface area contributed by atoms with Crippen molar-refractivity contribution in [3.63, 3.8) is 0 Å². The molecule has 0 unspecified atom stereocenters. The summed E-state index contributed by atoms with van der Waals surface area (Å²) in [6, 6.07) is 10.7. The normalized spacial score (nSPS) is 18.4. The standard InChI is InChI=1S/C14H21NO/c1-14(2,11-16)10-15-8-13(9-15)12-6-4-3-5-7-12/h3-7,13,16H,8-11H2,1-2H3. The summed E-state index contributed by atoms with van der Waals surface area (Å²) < 4.78 is 0. The topological polar surface area (TPSA) is 23.5 Å². The zero-order valence-electron chi connectivity index (χ0n) is 10.2. The first-order chi connectivity index (χ1) is 7.61. The molecule has 0 aromatic heterocycles. The summed E-state index contributed by atoms with van der Waals surface area (Å²) in [4.78, 5) is 2.42. The van der Waals surface area contributed by atoms with Gasteiger partial charge in [-0.3, -0.25) is 0 Å². The molecule has 1 saturated heterocycles. The Morgan fingerprint density at radius 2 is 1.88 bits per heavy atom. The SMILES string of the molecule is CC(C)(CO)CN1CC(c2ccccc2)C1. The smallest absolute Gasteiger partial charge is 0.0494 e. The zero-order valence-corrected chi connectivity index (χ0v) is 10.2. The molecule has 2 rings (SSSR count). The van der Waals surface area contributed by atoms with E-state index in [0.29, 0.717) is 5.92 Å². The van der Waals surface area contributed by atoms with Crippen LogP contribution in [0.1, 0.15) is 25.3 Å². The number of hydrogen-bond donors (Lipinski definition) is 1. The van der Waals surface area contributed by atoms with Gasteiger partial charge in [0.05, 0.1) is 0 Å². The van der Waals surface area contributed by atoms with E-state index >= 15 is 0 Å². The summed E-state index contributed by atoms with van der Waals surface area (Å²) in [6.45, 7) is 7.75. The number of nitrogens with zero attached hydrogens (tertiary/aromatic N) is 1. The molecule has 1 aliphatic rings. The summed E-state index contributed by atoms with van der Waals surface area (Å²) in [5, 5.41) is 9.22. The molecule has 2 heteroatoms. The molecule has 0 bridgehead atoms. The van der Waals surface area contributed by atoms with Gasteiger partial charge in [-0.1, -0.05) is 44.2 Å². The van der Waals surface area contributed by atoms with Crippen molar-refractivity contribution in [2.75, 3.05) is 26.2 Å². The van der Waals surface area contributed by atoms with Crippen LogP contribution in [0.25, 0.3) is 0 Å². The second-order valence-corrected chi connectivity index (χ2v) is 5.62. The van der Waals surface area contributed by atoms with E-state index in [1.54, 1.807) is 0 Å². The van der Waals surface area contributed by atoms with E-state index in [2.05, 4.69) is 49.1 Å². The molecule has 0 aliphatic carbocycles. The Morgan fingerprint density at radius 1 is 1.25 bits per heavy atom. The van der Waals surface area contributed by atoms with E-state index in [9.17, 15) is 5.11 Å². The molecule has 1 aromatic rings. The van der Waals surface area contributed by atoms with Crippen molar-refractivity contribution in [3.8, 4) is 0 Å². The van der Waals surface area contributed by atoms with Crippen LogP contribution in [-0.4, -0.2) is 36.2 Å². The molecule has 1 fully saturated rings. The van der Waals surface area contributed by atoms with Gasteiger partial charge in [0.1, 0.15) is 0 Å². The molecule has 0 saturated carbocycles. The predicted molar refractivity (Wildman–Crippen MR) is 66.5 cm³/mol. The number of aliphatic hydroxyl groups is 1. The Bertz CT molecular complexity index is 328. The fraction of sp³-hybridized carbons (Fsp3) is 0.571. The summed E-state index contributed by atoms with van der Waals surface area (Å²) in [7, 11) is 0. The van der Waals surface area contributed by atoms with Gasteiger partial charge in [0.15, 0.2) is 0 Å². The van der Waals surface area contributed by atoms with Crippen molar-refractivity contribution in [3.05, 3.63) is 35.9 Å². The highest BCUT2D eigenvalue weighted by Crippen LogP contribution is 2.29. The minimum Gasteiger partial charge on any atom is -0.396 e. The molecule has 2 nitrogen and oxygen atoms in total. The van der Waals surface area contributed by atoms with E-state index in [-0.39, 0.29) is 12.0 Å². The van der Waals surface area contributed by atoms with E-state index < -0.39 is 0 Å². The Morgan fingerprint density at radius 3 is 2.44 bits per heavy atom. The first-order valence-corrected chi connectivity index (χ1v) is 5.99. The number of benzene rings is 1. The maximum atomic E-state index is 9.22. The van der Waals surface area contributed by atoms with Gasteiger partial charge in [-0.2, -0.15) is 0 Å². The Kier molecular flexibility index (Phi) is 3.31. The Labute approximate surface area is 97.9 Å². The van der Waals surface area contributed by atoms with Gasteiger partial charge >= 0.3 is 0 Å². The predicted octanol–water partition coefficient (Wildman–Crippen LogP) is 2.10. The third-order valence-electron chi connectivity index (χ3n) is 3.31. The lowest BCUT2D eigenvalue weighted by atomic mass is 9.87.